The Balaban J connectivity index is 2.36. The van der Waals surface area contributed by atoms with Crippen LogP contribution in [0.15, 0.2) is 28.7 Å². The lowest BCUT2D eigenvalue weighted by atomic mass is 10.2. The lowest BCUT2D eigenvalue weighted by Gasteiger charge is -2.10. The third kappa shape index (κ3) is 3.48. The average molecular weight is 361 g/mol. The quantitative estimate of drug-likeness (QED) is 0.817. The van der Waals surface area contributed by atoms with E-state index in [0.717, 1.165) is 5.69 Å². The molecule has 0 saturated carbocycles. The molecule has 0 fully saturated rings. The Labute approximate surface area is 129 Å². The zero-order valence-corrected chi connectivity index (χ0v) is 13.0. The molecule has 1 aromatic heterocycles. The van der Waals surface area contributed by atoms with Crippen LogP contribution >= 0.6 is 27.5 Å². The third-order valence-electron chi connectivity index (χ3n) is 2.65. The summed E-state index contributed by atoms with van der Waals surface area (Å²) in [7, 11) is 0. The Morgan fingerprint density at radius 3 is 2.75 bits per heavy atom. The van der Waals surface area contributed by atoms with Gasteiger partial charge in [-0.3, -0.25) is 0 Å². The van der Waals surface area contributed by atoms with Crippen molar-refractivity contribution in [2.24, 2.45) is 0 Å². The maximum Gasteiger partial charge on any atom is 0.219 e. The molecule has 20 heavy (non-hydrogen) atoms. The number of aryl methyl sites for hydroxylation is 1. The van der Waals surface area contributed by atoms with Gasteiger partial charge in [0.1, 0.15) is 11.6 Å². The molecule has 0 radical (unpaired) electrons. The third-order valence-corrected chi connectivity index (χ3v) is 3.56. The molecule has 106 valence electrons. The molecule has 0 spiro atoms. The Bertz CT molecular complexity index is 615. The van der Waals surface area contributed by atoms with E-state index in [4.69, 9.17) is 16.3 Å². The van der Waals surface area contributed by atoms with Crippen LogP contribution in [0.3, 0.4) is 0 Å². The number of pyridine rings is 1. The van der Waals surface area contributed by atoms with Gasteiger partial charge in [-0.15, -0.1) is 0 Å². The molecule has 0 aliphatic heterocycles. The van der Waals surface area contributed by atoms with Gasteiger partial charge in [0.15, 0.2) is 0 Å². The Morgan fingerprint density at radius 2 is 2.10 bits per heavy atom. The van der Waals surface area contributed by atoms with E-state index in [1.54, 1.807) is 12.1 Å². The number of aromatic nitrogens is 1. The minimum atomic E-state index is -0.570. The van der Waals surface area contributed by atoms with E-state index in [1.807, 2.05) is 6.92 Å². The maximum atomic E-state index is 13.5. The second kappa shape index (κ2) is 6.52. The number of ether oxygens (including phenoxy) is 1. The molecule has 0 amide bonds. The first-order valence-corrected chi connectivity index (χ1v) is 7.13. The van der Waals surface area contributed by atoms with E-state index in [1.165, 1.54) is 12.1 Å². The first kappa shape index (κ1) is 15.2. The number of aliphatic hydroxyl groups is 1. The molecule has 1 N–H and O–H groups in total. The van der Waals surface area contributed by atoms with Gasteiger partial charge in [0, 0.05) is 17.8 Å². The zero-order chi connectivity index (χ0) is 14.7. The Morgan fingerprint density at radius 1 is 1.35 bits per heavy atom. The summed E-state index contributed by atoms with van der Waals surface area (Å²) >= 11 is 8.93. The van der Waals surface area contributed by atoms with Crippen molar-refractivity contribution in [3.8, 4) is 11.6 Å². The summed E-state index contributed by atoms with van der Waals surface area (Å²) in [6.45, 7) is 1.84. The zero-order valence-electron chi connectivity index (χ0n) is 10.7. The first-order chi connectivity index (χ1) is 9.53. The van der Waals surface area contributed by atoms with Gasteiger partial charge in [-0.1, -0.05) is 18.5 Å². The van der Waals surface area contributed by atoms with Gasteiger partial charge in [-0.05, 0) is 40.0 Å². The van der Waals surface area contributed by atoms with E-state index in [0.29, 0.717) is 22.3 Å². The average Bonchev–Trinajstić information content (AvgIpc) is 2.44. The molecule has 0 saturated heterocycles. The fourth-order valence-electron chi connectivity index (χ4n) is 1.64. The fourth-order valence-corrected chi connectivity index (χ4v) is 2.36. The number of aliphatic hydroxyl groups excluding tert-OH is 1. The summed E-state index contributed by atoms with van der Waals surface area (Å²) < 4.78 is 19.5. The molecule has 3 nitrogen and oxygen atoms in total. The molecule has 0 aliphatic rings. The van der Waals surface area contributed by atoms with Crippen molar-refractivity contribution in [3.63, 3.8) is 0 Å². The van der Waals surface area contributed by atoms with Crippen LogP contribution < -0.4 is 4.74 Å². The predicted octanol–water partition coefficient (Wildman–Crippen LogP) is 4.48. The van der Waals surface area contributed by atoms with Gasteiger partial charge >= 0.3 is 0 Å². The van der Waals surface area contributed by atoms with Crippen LogP contribution in [0.25, 0.3) is 0 Å². The van der Waals surface area contributed by atoms with Gasteiger partial charge < -0.3 is 9.84 Å². The SMILES string of the molecule is CCc1cc(CO)cc(Oc2cc(F)c(Cl)cc2Br)n1. The summed E-state index contributed by atoms with van der Waals surface area (Å²) in [6.07, 6.45) is 0.709. The number of hydrogen-bond acceptors (Lipinski definition) is 3. The number of benzene rings is 1. The van der Waals surface area contributed by atoms with Crippen LogP contribution in [-0.4, -0.2) is 10.1 Å². The van der Waals surface area contributed by atoms with Gasteiger partial charge in [0.2, 0.25) is 5.88 Å². The van der Waals surface area contributed by atoms with Crippen molar-refractivity contribution in [2.75, 3.05) is 0 Å². The highest BCUT2D eigenvalue weighted by molar-refractivity contribution is 9.10. The minimum Gasteiger partial charge on any atom is -0.438 e. The first-order valence-electron chi connectivity index (χ1n) is 5.96. The lowest BCUT2D eigenvalue weighted by molar-refractivity contribution is 0.280. The Hall–Kier alpha value is -1.17. The molecule has 0 unspecified atom stereocenters. The summed E-state index contributed by atoms with van der Waals surface area (Å²) in [4.78, 5) is 4.28. The number of hydrogen-bond donors (Lipinski definition) is 1. The summed E-state index contributed by atoms with van der Waals surface area (Å²) in [5, 5.41) is 9.22. The number of halogens is 3. The van der Waals surface area contributed by atoms with Crippen molar-refractivity contribution in [1.82, 2.24) is 4.98 Å². The molecular weight excluding hydrogens is 349 g/mol. The van der Waals surface area contributed by atoms with Crippen LogP contribution in [0.5, 0.6) is 11.6 Å². The van der Waals surface area contributed by atoms with E-state index in [2.05, 4.69) is 20.9 Å². The standard InChI is InChI=1S/C14H12BrClFNO2/c1-2-9-3-8(7-19)4-14(18-9)20-13-6-12(17)11(16)5-10(13)15/h3-6,19H,2,7H2,1H3. The van der Waals surface area contributed by atoms with E-state index >= 15 is 0 Å². The second-order valence-corrected chi connectivity index (χ2v) is 5.38. The van der Waals surface area contributed by atoms with Crippen LogP contribution in [0.4, 0.5) is 4.39 Å². The topological polar surface area (TPSA) is 42.4 Å². The highest BCUT2D eigenvalue weighted by atomic mass is 79.9. The summed E-state index contributed by atoms with van der Waals surface area (Å²) in [5.74, 6) is 0.00580. The van der Waals surface area contributed by atoms with Crippen LogP contribution in [0.1, 0.15) is 18.2 Å². The molecule has 1 heterocycles. The molecule has 1 aromatic carbocycles. The van der Waals surface area contributed by atoms with Gasteiger partial charge in [0.25, 0.3) is 0 Å². The van der Waals surface area contributed by atoms with E-state index in [9.17, 15) is 9.50 Å². The highest BCUT2D eigenvalue weighted by Gasteiger charge is 2.10. The largest absolute Gasteiger partial charge is 0.438 e. The lowest BCUT2D eigenvalue weighted by Crippen LogP contribution is -1.97. The molecule has 2 rings (SSSR count). The molecular formula is C14H12BrClFNO2. The van der Waals surface area contributed by atoms with E-state index < -0.39 is 5.82 Å². The fraction of sp³-hybridized carbons (Fsp3) is 0.214. The van der Waals surface area contributed by atoms with Crippen molar-refractivity contribution in [1.29, 1.82) is 0 Å². The molecule has 2 aromatic rings. The van der Waals surface area contributed by atoms with E-state index in [-0.39, 0.29) is 17.4 Å². The van der Waals surface area contributed by atoms with Crippen molar-refractivity contribution >= 4 is 27.5 Å². The minimum absolute atomic E-state index is 0.00976. The number of rotatable bonds is 4. The molecule has 0 bridgehead atoms. The Kier molecular flexibility index (Phi) is 4.96. The van der Waals surface area contributed by atoms with Crippen molar-refractivity contribution < 1.29 is 14.2 Å². The maximum absolute atomic E-state index is 13.5. The predicted molar refractivity (Wildman–Crippen MR) is 78.7 cm³/mol. The normalized spacial score (nSPS) is 10.7. The monoisotopic (exact) mass is 359 g/mol. The van der Waals surface area contributed by atoms with Gasteiger partial charge in [0.05, 0.1) is 16.1 Å². The van der Waals surface area contributed by atoms with Crippen molar-refractivity contribution in [3.05, 3.63) is 50.8 Å². The van der Waals surface area contributed by atoms with Gasteiger partial charge in [-0.2, -0.15) is 0 Å². The van der Waals surface area contributed by atoms with Gasteiger partial charge in [-0.25, -0.2) is 9.37 Å². The van der Waals surface area contributed by atoms with Crippen LogP contribution in [0.2, 0.25) is 5.02 Å². The highest BCUT2D eigenvalue weighted by Crippen LogP contribution is 2.33. The smallest absolute Gasteiger partial charge is 0.219 e. The second-order valence-electron chi connectivity index (χ2n) is 4.12. The molecule has 0 atom stereocenters. The summed E-state index contributed by atoms with van der Waals surface area (Å²) in [6, 6.07) is 6.01. The van der Waals surface area contributed by atoms with Crippen LogP contribution in [0, 0.1) is 5.82 Å². The summed E-state index contributed by atoms with van der Waals surface area (Å²) in [5.41, 5.74) is 1.48. The molecule has 0 aliphatic carbocycles. The molecule has 6 heteroatoms. The van der Waals surface area contributed by atoms with Crippen molar-refractivity contribution in [2.45, 2.75) is 20.0 Å². The van der Waals surface area contributed by atoms with Crippen LogP contribution in [-0.2, 0) is 13.0 Å². The number of nitrogens with zero attached hydrogens (tertiary/aromatic N) is 1.